The number of ether oxygens (including phenoxy) is 1. The van der Waals surface area contributed by atoms with Gasteiger partial charge in [-0.25, -0.2) is 0 Å². The molecule has 0 aromatic heterocycles. The molecule has 0 aromatic rings. The van der Waals surface area contributed by atoms with Gasteiger partial charge in [0.2, 0.25) is 0 Å². The first-order valence-corrected chi connectivity index (χ1v) is 7.21. The van der Waals surface area contributed by atoms with Crippen molar-refractivity contribution < 1.29 is 4.74 Å². The predicted octanol–water partition coefficient (Wildman–Crippen LogP) is 2.89. The minimum atomic E-state index is -0.176. The number of rotatable bonds is 9. The summed E-state index contributed by atoms with van der Waals surface area (Å²) in [4.78, 5) is 2.54. The molecule has 0 aliphatic rings. The average molecular weight is 258 g/mol. The van der Waals surface area contributed by atoms with E-state index in [0.29, 0.717) is 6.04 Å². The number of hydrogen-bond acceptors (Lipinski definition) is 3. The molecule has 0 heterocycles. The van der Waals surface area contributed by atoms with Crippen LogP contribution in [0.1, 0.15) is 54.4 Å². The first-order chi connectivity index (χ1) is 8.19. The van der Waals surface area contributed by atoms with Crippen LogP contribution in [0, 0.1) is 5.41 Å². The lowest BCUT2D eigenvalue weighted by Crippen LogP contribution is -2.55. The third kappa shape index (κ3) is 5.25. The summed E-state index contributed by atoms with van der Waals surface area (Å²) in [6.07, 6.45) is 2.36. The van der Waals surface area contributed by atoms with E-state index in [1.165, 1.54) is 12.8 Å². The highest BCUT2D eigenvalue weighted by Gasteiger charge is 2.36. The second kappa shape index (κ2) is 7.46. The Balaban J connectivity index is 4.77. The lowest BCUT2D eigenvalue weighted by Gasteiger charge is -2.44. The van der Waals surface area contributed by atoms with Crippen LogP contribution in [0.15, 0.2) is 0 Å². The maximum atomic E-state index is 6.32. The average Bonchev–Trinajstić information content (AvgIpc) is 2.25. The molecule has 0 aromatic carbocycles. The van der Waals surface area contributed by atoms with E-state index in [9.17, 15) is 0 Å². The van der Waals surface area contributed by atoms with Crippen LogP contribution in [0.4, 0.5) is 0 Å². The topological polar surface area (TPSA) is 38.5 Å². The summed E-state index contributed by atoms with van der Waals surface area (Å²) in [7, 11) is 1.77. The Hall–Kier alpha value is -0.120. The molecular weight excluding hydrogens is 224 g/mol. The standard InChI is InChI=1S/C15H34N2O/c1-8-13(9-2)17(10-11-18-7)12-14(3,4)15(5,6)16/h13H,8-12,16H2,1-7H3. The van der Waals surface area contributed by atoms with Crippen LogP contribution in [-0.2, 0) is 4.74 Å². The second-order valence-electron chi connectivity index (χ2n) is 6.54. The normalized spacial score (nSPS) is 13.7. The first-order valence-electron chi connectivity index (χ1n) is 7.21. The minimum absolute atomic E-state index is 0.0866. The Morgan fingerprint density at radius 2 is 1.61 bits per heavy atom. The van der Waals surface area contributed by atoms with E-state index < -0.39 is 0 Å². The SMILES string of the molecule is CCC(CC)N(CCOC)CC(C)(C)C(C)(C)N. The van der Waals surface area contributed by atoms with Gasteiger partial charge in [-0.3, -0.25) is 4.90 Å². The van der Waals surface area contributed by atoms with E-state index in [-0.39, 0.29) is 11.0 Å². The van der Waals surface area contributed by atoms with E-state index in [4.69, 9.17) is 10.5 Å². The fourth-order valence-corrected chi connectivity index (χ4v) is 2.12. The molecule has 0 saturated heterocycles. The maximum Gasteiger partial charge on any atom is 0.0589 e. The van der Waals surface area contributed by atoms with Crippen molar-refractivity contribution in [2.45, 2.75) is 66.0 Å². The summed E-state index contributed by atoms with van der Waals surface area (Å²) in [6.45, 7) is 16.1. The van der Waals surface area contributed by atoms with Gasteiger partial charge in [-0.2, -0.15) is 0 Å². The maximum absolute atomic E-state index is 6.32. The molecule has 0 spiro atoms. The molecule has 0 aliphatic carbocycles. The van der Waals surface area contributed by atoms with Crippen molar-refractivity contribution in [1.29, 1.82) is 0 Å². The van der Waals surface area contributed by atoms with Crippen molar-refractivity contribution >= 4 is 0 Å². The third-order valence-electron chi connectivity index (χ3n) is 4.38. The van der Waals surface area contributed by atoms with Gasteiger partial charge in [-0.05, 0) is 32.1 Å². The fourth-order valence-electron chi connectivity index (χ4n) is 2.12. The summed E-state index contributed by atoms with van der Waals surface area (Å²) in [5.41, 5.74) is 6.23. The van der Waals surface area contributed by atoms with Crippen molar-refractivity contribution in [3.05, 3.63) is 0 Å². The van der Waals surface area contributed by atoms with Crippen LogP contribution in [0.2, 0.25) is 0 Å². The van der Waals surface area contributed by atoms with Crippen LogP contribution in [-0.4, -0.2) is 43.3 Å². The Morgan fingerprint density at radius 1 is 1.11 bits per heavy atom. The van der Waals surface area contributed by atoms with Gasteiger partial charge in [0, 0.05) is 31.8 Å². The summed E-state index contributed by atoms with van der Waals surface area (Å²) in [6, 6.07) is 0.627. The van der Waals surface area contributed by atoms with Gasteiger partial charge in [0.05, 0.1) is 6.61 Å². The Morgan fingerprint density at radius 3 is 1.94 bits per heavy atom. The monoisotopic (exact) mass is 258 g/mol. The van der Waals surface area contributed by atoms with Gasteiger partial charge >= 0.3 is 0 Å². The van der Waals surface area contributed by atoms with Crippen molar-refractivity contribution in [2.75, 3.05) is 26.8 Å². The van der Waals surface area contributed by atoms with Crippen molar-refractivity contribution in [2.24, 2.45) is 11.1 Å². The molecule has 0 rings (SSSR count). The first kappa shape index (κ1) is 17.9. The van der Waals surface area contributed by atoms with Crippen LogP contribution in [0.5, 0.6) is 0 Å². The summed E-state index contributed by atoms with van der Waals surface area (Å²) in [5.74, 6) is 0. The highest BCUT2D eigenvalue weighted by Crippen LogP contribution is 2.30. The van der Waals surface area contributed by atoms with Gasteiger partial charge in [0.15, 0.2) is 0 Å². The van der Waals surface area contributed by atoms with Crippen molar-refractivity contribution in [3.8, 4) is 0 Å². The van der Waals surface area contributed by atoms with Gasteiger partial charge in [-0.15, -0.1) is 0 Å². The zero-order chi connectivity index (χ0) is 14.4. The lowest BCUT2D eigenvalue weighted by molar-refractivity contribution is 0.0554. The second-order valence-corrected chi connectivity index (χ2v) is 6.54. The third-order valence-corrected chi connectivity index (χ3v) is 4.38. The number of methoxy groups -OCH3 is 1. The van der Waals surface area contributed by atoms with Gasteiger partial charge < -0.3 is 10.5 Å². The van der Waals surface area contributed by atoms with E-state index in [1.807, 2.05) is 0 Å². The molecule has 0 bridgehead atoms. The zero-order valence-electron chi connectivity index (χ0n) is 13.5. The fraction of sp³-hybridized carbons (Fsp3) is 1.00. The number of nitrogens with two attached hydrogens (primary N) is 1. The molecule has 18 heavy (non-hydrogen) atoms. The van der Waals surface area contributed by atoms with Gasteiger partial charge in [0.1, 0.15) is 0 Å². The molecule has 0 saturated carbocycles. The molecule has 0 unspecified atom stereocenters. The molecule has 2 N–H and O–H groups in total. The quantitative estimate of drug-likeness (QED) is 0.691. The van der Waals surface area contributed by atoms with Crippen LogP contribution >= 0.6 is 0 Å². The smallest absolute Gasteiger partial charge is 0.0589 e. The zero-order valence-corrected chi connectivity index (χ0v) is 13.5. The largest absolute Gasteiger partial charge is 0.383 e. The molecule has 0 radical (unpaired) electrons. The van der Waals surface area contributed by atoms with Crippen molar-refractivity contribution in [3.63, 3.8) is 0 Å². The molecule has 3 heteroatoms. The lowest BCUT2D eigenvalue weighted by atomic mass is 9.74. The molecular formula is C15H34N2O. The van der Waals surface area contributed by atoms with Crippen LogP contribution in [0.3, 0.4) is 0 Å². The van der Waals surface area contributed by atoms with E-state index in [2.05, 4.69) is 46.4 Å². The highest BCUT2D eigenvalue weighted by atomic mass is 16.5. The molecule has 0 atom stereocenters. The number of nitrogens with zero attached hydrogens (tertiary/aromatic N) is 1. The Bertz CT molecular complexity index is 217. The molecule has 0 amide bonds. The Kier molecular flexibility index (Phi) is 7.41. The molecule has 110 valence electrons. The summed E-state index contributed by atoms with van der Waals surface area (Å²) >= 11 is 0. The van der Waals surface area contributed by atoms with E-state index in [0.717, 1.165) is 19.7 Å². The number of hydrogen-bond donors (Lipinski definition) is 1. The van der Waals surface area contributed by atoms with Gasteiger partial charge in [-0.1, -0.05) is 27.7 Å². The van der Waals surface area contributed by atoms with Crippen LogP contribution in [0.25, 0.3) is 0 Å². The molecule has 3 nitrogen and oxygen atoms in total. The Labute approximate surface area is 114 Å². The van der Waals surface area contributed by atoms with Gasteiger partial charge in [0.25, 0.3) is 0 Å². The van der Waals surface area contributed by atoms with Crippen molar-refractivity contribution in [1.82, 2.24) is 4.90 Å². The highest BCUT2D eigenvalue weighted by molar-refractivity contribution is 4.93. The summed E-state index contributed by atoms with van der Waals surface area (Å²) in [5, 5.41) is 0. The predicted molar refractivity (Wildman–Crippen MR) is 79.9 cm³/mol. The van der Waals surface area contributed by atoms with Crippen LogP contribution < -0.4 is 5.73 Å². The minimum Gasteiger partial charge on any atom is -0.383 e. The summed E-state index contributed by atoms with van der Waals surface area (Å²) < 4.78 is 5.24. The van der Waals surface area contributed by atoms with E-state index in [1.54, 1.807) is 7.11 Å². The molecule has 0 fully saturated rings. The molecule has 0 aliphatic heterocycles. The van der Waals surface area contributed by atoms with E-state index >= 15 is 0 Å².